The highest BCUT2D eigenvalue weighted by Gasteiger charge is 2.20. The lowest BCUT2D eigenvalue weighted by atomic mass is 10.1. The molecule has 1 saturated carbocycles. The predicted octanol–water partition coefficient (Wildman–Crippen LogP) is 3.11. The third kappa shape index (κ3) is 4.49. The van der Waals surface area contributed by atoms with Crippen molar-refractivity contribution in [2.24, 2.45) is 5.92 Å². The Morgan fingerprint density at radius 2 is 1.94 bits per heavy atom. The predicted molar refractivity (Wildman–Crippen MR) is 70.8 cm³/mol. The van der Waals surface area contributed by atoms with E-state index in [1.165, 1.54) is 24.0 Å². The molecule has 1 N–H and O–H groups in total. The molecule has 1 aromatic carbocycles. The molecular formula is C15H23NO. The Bertz CT molecular complexity index is 345. The van der Waals surface area contributed by atoms with Gasteiger partial charge in [0.05, 0.1) is 6.61 Å². The average molecular weight is 233 g/mol. The lowest BCUT2D eigenvalue weighted by molar-refractivity contribution is 0.0965. The zero-order valence-electron chi connectivity index (χ0n) is 10.9. The average Bonchev–Trinajstić information content (AvgIpc) is 3.11. The Labute approximate surface area is 104 Å². The SMILES string of the molecule is CC(C)COCc1ccccc1CNC1CC1. The van der Waals surface area contributed by atoms with Crippen molar-refractivity contribution < 1.29 is 4.74 Å². The van der Waals surface area contributed by atoms with Gasteiger partial charge >= 0.3 is 0 Å². The van der Waals surface area contributed by atoms with E-state index in [2.05, 4.69) is 43.4 Å². The molecule has 0 bridgehead atoms. The number of rotatable bonds is 7. The van der Waals surface area contributed by atoms with Gasteiger partial charge in [-0.1, -0.05) is 38.1 Å². The first-order valence-corrected chi connectivity index (χ1v) is 6.63. The second-order valence-electron chi connectivity index (χ2n) is 5.33. The number of ether oxygens (including phenoxy) is 1. The van der Waals surface area contributed by atoms with Crippen LogP contribution >= 0.6 is 0 Å². The summed E-state index contributed by atoms with van der Waals surface area (Å²) in [5, 5.41) is 3.56. The van der Waals surface area contributed by atoms with E-state index in [0.29, 0.717) is 5.92 Å². The first-order chi connectivity index (χ1) is 8.25. The van der Waals surface area contributed by atoms with E-state index in [-0.39, 0.29) is 0 Å². The Kier molecular flexibility index (Phi) is 4.57. The van der Waals surface area contributed by atoms with Crippen molar-refractivity contribution in [2.45, 2.75) is 45.9 Å². The summed E-state index contributed by atoms with van der Waals surface area (Å²) in [6.07, 6.45) is 2.68. The molecule has 0 radical (unpaired) electrons. The lowest BCUT2D eigenvalue weighted by Gasteiger charge is -2.12. The third-order valence-corrected chi connectivity index (χ3v) is 2.99. The smallest absolute Gasteiger partial charge is 0.0720 e. The Hall–Kier alpha value is -0.860. The van der Waals surface area contributed by atoms with Gasteiger partial charge in [-0.2, -0.15) is 0 Å². The summed E-state index contributed by atoms with van der Waals surface area (Å²) >= 11 is 0. The molecule has 2 nitrogen and oxygen atoms in total. The molecule has 2 rings (SSSR count). The quantitative estimate of drug-likeness (QED) is 0.781. The largest absolute Gasteiger partial charge is 0.376 e. The van der Waals surface area contributed by atoms with Crippen LogP contribution in [0.5, 0.6) is 0 Å². The zero-order chi connectivity index (χ0) is 12.1. The van der Waals surface area contributed by atoms with E-state index in [9.17, 15) is 0 Å². The van der Waals surface area contributed by atoms with Gasteiger partial charge in [0.25, 0.3) is 0 Å². The normalized spacial score (nSPS) is 15.5. The van der Waals surface area contributed by atoms with Gasteiger partial charge in [0.2, 0.25) is 0 Å². The van der Waals surface area contributed by atoms with Crippen molar-refractivity contribution in [2.75, 3.05) is 6.61 Å². The summed E-state index contributed by atoms with van der Waals surface area (Å²) in [4.78, 5) is 0. The number of benzene rings is 1. The van der Waals surface area contributed by atoms with Crippen molar-refractivity contribution in [3.05, 3.63) is 35.4 Å². The van der Waals surface area contributed by atoms with Crippen molar-refractivity contribution in [3.8, 4) is 0 Å². The first kappa shape index (κ1) is 12.6. The first-order valence-electron chi connectivity index (χ1n) is 6.63. The standard InChI is InChI=1S/C15H23NO/c1-12(2)10-17-11-14-6-4-3-5-13(14)9-16-15-7-8-15/h3-6,12,15-16H,7-11H2,1-2H3. The number of hydrogen-bond donors (Lipinski definition) is 1. The molecule has 0 unspecified atom stereocenters. The number of hydrogen-bond acceptors (Lipinski definition) is 2. The third-order valence-electron chi connectivity index (χ3n) is 2.99. The van der Waals surface area contributed by atoms with Crippen LogP contribution in [0.25, 0.3) is 0 Å². The van der Waals surface area contributed by atoms with E-state index in [1.807, 2.05) is 0 Å². The molecule has 0 atom stereocenters. The van der Waals surface area contributed by atoms with Gasteiger partial charge in [-0.15, -0.1) is 0 Å². The maximum absolute atomic E-state index is 5.72. The fourth-order valence-corrected chi connectivity index (χ4v) is 1.82. The summed E-state index contributed by atoms with van der Waals surface area (Å²) in [6.45, 7) is 6.91. The molecule has 2 heteroatoms. The molecule has 17 heavy (non-hydrogen) atoms. The van der Waals surface area contributed by atoms with Crippen LogP contribution in [-0.2, 0) is 17.9 Å². The molecule has 1 aliphatic carbocycles. The van der Waals surface area contributed by atoms with Gasteiger partial charge in [0.1, 0.15) is 0 Å². The van der Waals surface area contributed by atoms with Crippen LogP contribution in [-0.4, -0.2) is 12.6 Å². The van der Waals surface area contributed by atoms with Crippen LogP contribution < -0.4 is 5.32 Å². The van der Waals surface area contributed by atoms with Gasteiger partial charge in [-0.3, -0.25) is 0 Å². The summed E-state index contributed by atoms with van der Waals surface area (Å²) < 4.78 is 5.72. The summed E-state index contributed by atoms with van der Waals surface area (Å²) in [5.74, 6) is 0.603. The van der Waals surface area contributed by atoms with E-state index in [0.717, 1.165) is 25.8 Å². The van der Waals surface area contributed by atoms with Crippen molar-refractivity contribution >= 4 is 0 Å². The van der Waals surface area contributed by atoms with E-state index >= 15 is 0 Å². The molecule has 1 aliphatic rings. The molecule has 0 heterocycles. The molecule has 0 spiro atoms. The molecule has 0 saturated heterocycles. The molecule has 94 valence electrons. The Morgan fingerprint density at radius 3 is 2.59 bits per heavy atom. The summed E-state index contributed by atoms with van der Waals surface area (Å²) in [7, 11) is 0. The maximum atomic E-state index is 5.72. The van der Waals surface area contributed by atoms with Crippen molar-refractivity contribution in [1.82, 2.24) is 5.32 Å². The zero-order valence-corrected chi connectivity index (χ0v) is 10.9. The highest BCUT2D eigenvalue weighted by molar-refractivity contribution is 5.26. The minimum absolute atomic E-state index is 0.603. The van der Waals surface area contributed by atoms with Gasteiger partial charge in [-0.25, -0.2) is 0 Å². The van der Waals surface area contributed by atoms with Crippen LogP contribution in [0.3, 0.4) is 0 Å². The van der Waals surface area contributed by atoms with Gasteiger partial charge in [-0.05, 0) is 29.9 Å². The van der Waals surface area contributed by atoms with Crippen LogP contribution in [0, 0.1) is 5.92 Å². The fourth-order valence-electron chi connectivity index (χ4n) is 1.82. The highest BCUT2D eigenvalue weighted by atomic mass is 16.5. The van der Waals surface area contributed by atoms with Crippen LogP contribution in [0.15, 0.2) is 24.3 Å². The second-order valence-corrected chi connectivity index (χ2v) is 5.33. The Balaban J connectivity index is 1.85. The fraction of sp³-hybridized carbons (Fsp3) is 0.600. The van der Waals surface area contributed by atoms with Gasteiger partial charge in [0, 0.05) is 19.2 Å². The molecule has 1 fully saturated rings. The monoisotopic (exact) mass is 233 g/mol. The van der Waals surface area contributed by atoms with Crippen molar-refractivity contribution in [3.63, 3.8) is 0 Å². The van der Waals surface area contributed by atoms with Crippen LogP contribution in [0.1, 0.15) is 37.8 Å². The van der Waals surface area contributed by atoms with E-state index in [1.54, 1.807) is 0 Å². The topological polar surface area (TPSA) is 21.3 Å². The summed E-state index contributed by atoms with van der Waals surface area (Å²) in [6, 6.07) is 9.33. The highest BCUT2D eigenvalue weighted by Crippen LogP contribution is 2.20. The second kappa shape index (κ2) is 6.18. The Morgan fingerprint density at radius 1 is 1.24 bits per heavy atom. The van der Waals surface area contributed by atoms with Gasteiger partial charge < -0.3 is 10.1 Å². The van der Waals surface area contributed by atoms with Gasteiger partial charge in [0.15, 0.2) is 0 Å². The van der Waals surface area contributed by atoms with Crippen LogP contribution in [0.2, 0.25) is 0 Å². The van der Waals surface area contributed by atoms with E-state index < -0.39 is 0 Å². The van der Waals surface area contributed by atoms with Crippen LogP contribution in [0.4, 0.5) is 0 Å². The maximum Gasteiger partial charge on any atom is 0.0720 e. The lowest BCUT2D eigenvalue weighted by Crippen LogP contribution is -2.16. The van der Waals surface area contributed by atoms with E-state index in [4.69, 9.17) is 4.74 Å². The summed E-state index contributed by atoms with van der Waals surface area (Å²) in [5.41, 5.74) is 2.70. The molecular weight excluding hydrogens is 210 g/mol. The molecule has 0 aliphatic heterocycles. The minimum Gasteiger partial charge on any atom is -0.376 e. The molecule has 1 aromatic rings. The van der Waals surface area contributed by atoms with Crippen molar-refractivity contribution in [1.29, 1.82) is 0 Å². The molecule has 0 amide bonds. The molecule has 0 aromatic heterocycles. The number of nitrogens with one attached hydrogen (secondary N) is 1. The minimum atomic E-state index is 0.603.